The highest BCUT2D eigenvalue weighted by atomic mass is 31.2. The average Bonchev–Trinajstić information content (AvgIpc) is 2.09. The third-order valence-electron chi connectivity index (χ3n) is 16.6. The van der Waals surface area contributed by atoms with Crippen LogP contribution in [0, 0.1) is 17.8 Å². The molecule has 5 atom stereocenters. The first kappa shape index (κ1) is 89.1. The van der Waals surface area contributed by atoms with E-state index in [-0.39, 0.29) is 25.7 Å². The van der Waals surface area contributed by atoms with Crippen LogP contribution in [-0.4, -0.2) is 96.7 Å². The van der Waals surface area contributed by atoms with Crippen LogP contribution >= 0.6 is 15.6 Å². The molecule has 0 aliphatic rings. The smallest absolute Gasteiger partial charge is 0.462 e. The summed E-state index contributed by atoms with van der Waals surface area (Å²) in [7, 11) is -9.90. The van der Waals surface area contributed by atoms with Crippen LogP contribution in [0.2, 0.25) is 0 Å². The first-order valence-corrected chi connectivity index (χ1v) is 40.3. The minimum Gasteiger partial charge on any atom is -0.462 e. The molecule has 2 unspecified atom stereocenters. The summed E-state index contributed by atoms with van der Waals surface area (Å²) in [5.74, 6) is 0.0488. The summed E-state index contributed by atoms with van der Waals surface area (Å²) in [4.78, 5) is 72.6. The van der Waals surface area contributed by atoms with Crippen molar-refractivity contribution in [3.8, 4) is 0 Å². The summed E-state index contributed by atoms with van der Waals surface area (Å²) in [5, 5.41) is 10.6. The van der Waals surface area contributed by atoms with E-state index in [0.29, 0.717) is 31.6 Å². The van der Waals surface area contributed by atoms with Gasteiger partial charge in [-0.25, -0.2) is 9.13 Å². The van der Waals surface area contributed by atoms with Gasteiger partial charge in [-0.2, -0.15) is 0 Å². The molecule has 91 heavy (non-hydrogen) atoms. The Balaban J connectivity index is 5.24. The van der Waals surface area contributed by atoms with Gasteiger partial charge in [-0.15, -0.1) is 0 Å². The lowest BCUT2D eigenvalue weighted by Crippen LogP contribution is -2.30. The quantitative estimate of drug-likeness (QED) is 0.0222. The Bertz CT molecular complexity index is 1780. The molecule has 19 heteroatoms. The van der Waals surface area contributed by atoms with Crippen molar-refractivity contribution in [2.75, 3.05) is 39.6 Å². The number of ether oxygens (including phenoxy) is 4. The predicted octanol–water partition coefficient (Wildman–Crippen LogP) is 20.6. The highest BCUT2D eigenvalue weighted by Gasteiger charge is 2.30. The van der Waals surface area contributed by atoms with Crippen LogP contribution in [0.15, 0.2) is 0 Å². The minimum atomic E-state index is -4.95. The number of aliphatic hydroxyl groups excluding tert-OH is 1. The highest BCUT2D eigenvalue weighted by Crippen LogP contribution is 2.45. The van der Waals surface area contributed by atoms with Crippen LogP contribution in [0.25, 0.3) is 0 Å². The molecule has 0 aliphatic heterocycles. The van der Waals surface area contributed by atoms with E-state index >= 15 is 0 Å². The number of phosphoric acid groups is 2. The number of esters is 4. The van der Waals surface area contributed by atoms with Crippen LogP contribution in [0.4, 0.5) is 0 Å². The second-order valence-corrected chi connectivity index (χ2v) is 30.3. The van der Waals surface area contributed by atoms with Crippen LogP contribution in [0.5, 0.6) is 0 Å². The van der Waals surface area contributed by atoms with Crippen molar-refractivity contribution < 1.29 is 80.2 Å². The van der Waals surface area contributed by atoms with Gasteiger partial charge in [-0.05, 0) is 43.4 Å². The largest absolute Gasteiger partial charge is 0.472 e. The maximum Gasteiger partial charge on any atom is 0.472 e. The fourth-order valence-corrected chi connectivity index (χ4v) is 12.5. The van der Waals surface area contributed by atoms with Gasteiger partial charge >= 0.3 is 39.5 Å². The maximum absolute atomic E-state index is 13.0. The van der Waals surface area contributed by atoms with Crippen LogP contribution in [0.3, 0.4) is 0 Å². The number of hydrogen-bond donors (Lipinski definition) is 3. The third kappa shape index (κ3) is 66.5. The summed E-state index contributed by atoms with van der Waals surface area (Å²) in [5.41, 5.74) is 0. The lowest BCUT2D eigenvalue weighted by molar-refractivity contribution is -0.161. The fraction of sp³-hybridized carbons (Fsp3) is 0.944. The first-order chi connectivity index (χ1) is 43.7. The lowest BCUT2D eigenvalue weighted by Gasteiger charge is -2.21. The van der Waals surface area contributed by atoms with Gasteiger partial charge in [0.15, 0.2) is 12.2 Å². The van der Waals surface area contributed by atoms with Gasteiger partial charge < -0.3 is 33.8 Å². The summed E-state index contributed by atoms with van der Waals surface area (Å²) in [6.07, 6.45) is 47.4. The second-order valence-electron chi connectivity index (χ2n) is 27.4. The molecule has 0 spiro atoms. The topological polar surface area (TPSA) is 237 Å². The van der Waals surface area contributed by atoms with E-state index in [1.165, 1.54) is 167 Å². The molecule has 0 aromatic heterocycles. The Labute approximate surface area is 556 Å². The fourth-order valence-electron chi connectivity index (χ4n) is 10.9. The zero-order valence-electron chi connectivity index (χ0n) is 59.3. The Kier molecular flexibility index (Phi) is 61.5. The number of carbonyl (C=O) groups excluding carboxylic acids is 4. The predicted molar refractivity (Wildman–Crippen MR) is 368 cm³/mol. The summed E-state index contributed by atoms with van der Waals surface area (Å²) in [6, 6.07) is 0. The Hall–Kier alpha value is -1.94. The van der Waals surface area contributed by atoms with Crippen LogP contribution in [0.1, 0.15) is 363 Å². The first-order valence-electron chi connectivity index (χ1n) is 37.3. The SMILES string of the molecule is CCCCCCCCCCCCCCCCCCCC(=O)O[C@H](COC(=O)CCCCCCCCCCCCC(C)C)COP(=O)(O)OC[C@@H](O)COP(=O)(O)OC[C@@H](COC(=O)CCCCCCCCC(C)C)OC(=O)CCCCCCCCCCCC(C)C. The van der Waals surface area contributed by atoms with Crippen molar-refractivity contribution in [1.29, 1.82) is 0 Å². The molecule has 17 nitrogen and oxygen atoms in total. The molecule has 0 amide bonds. The summed E-state index contributed by atoms with van der Waals surface area (Å²) >= 11 is 0. The number of aliphatic hydroxyl groups is 1. The highest BCUT2D eigenvalue weighted by molar-refractivity contribution is 7.47. The van der Waals surface area contributed by atoms with Crippen molar-refractivity contribution in [1.82, 2.24) is 0 Å². The number of phosphoric ester groups is 2. The molecular weight excluding hydrogens is 1200 g/mol. The molecule has 3 N–H and O–H groups in total. The van der Waals surface area contributed by atoms with Crippen LogP contribution in [-0.2, 0) is 65.4 Å². The molecule has 0 bridgehead atoms. The maximum atomic E-state index is 13.0. The number of unbranched alkanes of at least 4 members (excludes halogenated alkanes) is 38. The minimum absolute atomic E-state index is 0.104. The van der Waals surface area contributed by atoms with Crippen molar-refractivity contribution in [3.05, 3.63) is 0 Å². The average molecular weight is 1340 g/mol. The van der Waals surface area contributed by atoms with Crippen molar-refractivity contribution in [2.45, 2.75) is 381 Å². The summed E-state index contributed by atoms with van der Waals surface area (Å²) < 4.78 is 68.3. The van der Waals surface area contributed by atoms with Gasteiger partial charge in [-0.3, -0.25) is 37.3 Å². The van der Waals surface area contributed by atoms with E-state index in [1.807, 2.05) is 0 Å². The molecule has 540 valence electrons. The van der Waals surface area contributed by atoms with E-state index in [2.05, 4.69) is 48.5 Å². The number of rotatable bonds is 70. The molecule has 0 radical (unpaired) electrons. The summed E-state index contributed by atoms with van der Waals surface area (Å²) in [6.45, 7) is 11.8. The van der Waals surface area contributed by atoms with Gasteiger partial charge in [0.2, 0.25) is 0 Å². The normalized spacial score (nSPS) is 14.2. The van der Waals surface area contributed by atoms with E-state index in [4.69, 9.17) is 37.0 Å². The van der Waals surface area contributed by atoms with Crippen molar-refractivity contribution in [2.24, 2.45) is 17.8 Å². The van der Waals surface area contributed by atoms with Gasteiger partial charge in [0, 0.05) is 25.7 Å². The number of hydrogen-bond acceptors (Lipinski definition) is 15. The lowest BCUT2D eigenvalue weighted by atomic mass is 10.0. The third-order valence-corrected chi connectivity index (χ3v) is 18.5. The second kappa shape index (κ2) is 62.8. The molecule has 0 heterocycles. The van der Waals surface area contributed by atoms with Gasteiger partial charge in [0.25, 0.3) is 0 Å². The van der Waals surface area contributed by atoms with E-state index in [1.54, 1.807) is 0 Å². The Morgan fingerprint density at radius 1 is 0.297 bits per heavy atom. The van der Waals surface area contributed by atoms with Crippen molar-refractivity contribution in [3.63, 3.8) is 0 Å². The molecule has 0 rings (SSSR count). The van der Waals surface area contributed by atoms with Crippen molar-refractivity contribution >= 4 is 39.5 Å². The van der Waals surface area contributed by atoms with Gasteiger partial charge in [0.05, 0.1) is 26.4 Å². The Morgan fingerprint density at radius 3 is 0.747 bits per heavy atom. The molecule has 0 aromatic carbocycles. The zero-order valence-corrected chi connectivity index (χ0v) is 61.1. The van der Waals surface area contributed by atoms with E-state index < -0.39 is 97.5 Å². The zero-order chi connectivity index (χ0) is 67.3. The standard InChI is InChI=1S/C72H140O17P2/c1-8-9-10-11-12-13-14-15-16-17-18-19-20-27-32-41-48-55-71(76)88-67(59-82-69(74)53-46-39-31-26-22-21-24-29-36-43-50-63(2)3)61-86-90(78,79)84-57-66(73)58-85-91(80,81)87-62-68(60-83-70(75)54-47-40-35-34-38-45-52-65(6)7)89-72(77)56-49-42-33-28-23-25-30-37-44-51-64(4)5/h63-68,73H,8-62H2,1-7H3,(H,78,79)(H,80,81)/t66-,67-,68-/m1/s1. The monoisotopic (exact) mass is 1340 g/mol. The van der Waals surface area contributed by atoms with Crippen LogP contribution < -0.4 is 0 Å². The van der Waals surface area contributed by atoms with Gasteiger partial charge in [0.1, 0.15) is 19.3 Å². The molecule has 0 saturated carbocycles. The van der Waals surface area contributed by atoms with E-state index in [9.17, 15) is 43.2 Å². The van der Waals surface area contributed by atoms with E-state index in [0.717, 1.165) is 108 Å². The Morgan fingerprint density at radius 2 is 0.505 bits per heavy atom. The number of carbonyl (C=O) groups is 4. The molecule has 0 aromatic rings. The molecule has 0 saturated heterocycles. The molecule has 0 aliphatic carbocycles. The molecule has 0 fully saturated rings. The molecular formula is C72H140O17P2. The van der Waals surface area contributed by atoms with Gasteiger partial charge in [-0.1, -0.05) is 312 Å².